The summed E-state index contributed by atoms with van der Waals surface area (Å²) in [6.07, 6.45) is 5.17. The number of halogens is 1. The number of amides is 3. The zero-order valence-corrected chi connectivity index (χ0v) is 17.1. The van der Waals surface area contributed by atoms with E-state index in [4.69, 9.17) is 4.74 Å². The molecule has 0 radical (unpaired) electrons. The Labute approximate surface area is 167 Å². The third-order valence-corrected chi connectivity index (χ3v) is 5.56. The van der Waals surface area contributed by atoms with E-state index in [1.54, 1.807) is 18.2 Å². The van der Waals surface area contributed by atoms with Crippen molar-refractivity contribution in [2.45, 2.75) is 57.6 Å². The minimum absolute atomic E-state index is 0.0470. The second-order valence-corrected chi connectivity index (χ2v) is 8.15. The lowest BCUT2D eigenvalue weighted by Gasteiger charge is -2.17. The van der Waals surface area contributed by atoms with Crippen LogP contribution in [0.2, 0.25) is 0 Å². The Balaban J connectivity index is 1.40. The molecule has 2 atom stereocenters. The van der Waals surface area contributed by atoms with Crippen LogP contribution < -0.4 is 5.32 Å². The van der Waals surface area contributed by atoms with Gasteiger partial charge in [-0.3, -0.25) is 19.3 Å². The van der Waals surface area contributed by atoms with Crippen LogP contribution in [-0.4, -0.2) is 47.9 Å². The molecule has 1 N–H and O–H groups in total. The largest absolute Gasteiger partial charge is 0.378 e. The van der Waals surface area contributed by atoms with Crippen molar-refractivity contribution in [3.63, 3.8) is 0 Å². The van der Waals surface area contributed by atoms with Crippen molar-refractivity contribution in [1.29, 1.82) is 0 Å². The third-order valence-electron chi connectivity index (χ3n) is 5.07. The van der Waals surface area contributed by atoms with Crippen LogP contribution in [0.15, 0.2) is 22.7 Å². The molecule has 27 heavy (non-hydrogen) atoms. The minimum atomic E-state index is -0.290. The number of nitrogens with zero attached hydrogens (tertiary/aromatic N) is 1. The lowest BCUT2D eigenvalue weighted by Crippen LogP contribution is -2.35. The predicted molar refractivity (Wildman–Crippen MR) is 105 cm³/mol. The molecule has 0 saturated carbocycles. The van der Waals surface area contributed by atoms with Crippen molar-refractivity contribution in [2.24, 2.45) is 0 Å². The molecule has 146 valence electrons. The van der Waals surface area contributed by atoms with Crippen molar-refractivity contribution in [1.82, 2.24) is 10.2 Å². The van der Waals surface area contributed by atoms with Crippen LogP contribution in [0.1, 0.15) is 66.2 Å². The van der Waals surface area contributed by atoms with Crippen LogP contribution in [-0.2, 0) is 9.53 Å². The molecule has 0 spiro atoms. The number of hydrogen-bond acceptors (Lipinski definition) is 4. The highest BCUT2D eigenvalue weighted by Gasteiger charge is 2.35. The molecular weight excluding hydrogens is 412 g/mol. The van der Waals surface area contributed by atoms with Gasteiger partial charge in [0.2, 0.25) is 5.91 Å². The van der Waals surface area contributed by atoms with Crippen molar-refractivity contribution in [3.8, 4) is 0 Å². The molecule has 1 fully saturated rings. The van der Waals surface area contributed by atoms with Crippen LogP contribution in [0.5, 0.6) is 0 Å². The lowest BCUT2D eigenvalue weighted by atomic mass is 10.1. The first-order chi connectivity index (χ1) is 13.0. The fraction of sp³-hybridized carbons (Fsp3) is 0.550. The Bertz CT molecular complexity index is 731. The Morgan fingerprint density at radius 1 is 1.33 bits per heavy atom. The van der Waals surface area contributed by atoms with Crippen LogP contribution in [0, 0.1) is 0 Å². The average Bonchev–Trinajstić information content (AvgIpc) is 3.23. The van der Waals surface area contributed by atoms with Gasteiger partial charge in [-0.15, -0.1) is 0 Å². The molecule has 2 heterocycles. The minimum Gasteiger partial charge on any atom is -0.378 e. The third kappa shape index (κ3) is 4.96. The summed E-state index contributed by atoms with van der Waals surface area (Å²) in [7, 11) is 0. The maximum atomic E-state index is 12.4. The van der Waals surface area contributed by atoms with E-state index in [0.29, 0.717) is 30.1 Å². The summed E-state index contributed by atoms with van der Waals surface area (Å²) in [5.74, 6) is -0.622. The van der Waals surface area contributed by atoms with Crippen LogP contribution in [0.3, 0.4) is 0 Å². The van der Waals surface area contributed by atoms with E-state index in [1.807, 2.05) is 6.92 Å². The molecule has 1 aromatic rings. The first-order valence-corrected chi connectivity index (χ1v) is 10.3. The summed E-state index contributed by atoms with van der Waals surface area (Å²) in [5, 5.41) is 2.99. The molecule has 0 bridgehead atoms. The van der Waals surface area contributed by atoms with E-state index in [9.17, 15) is 14.4 Å². The number of hydrogen-bond donors (Lipinski definition) is 1. The molecule has 3 amide bonds. The highest BCUT2D eigenvalue weighted by atomic mass is 79.9. The normalized spacial score (nSPS) is 20.1. The van der Waals surface area contributed by atoms with Crippen molar-refractivity contribution >= 4 is 33.7 Å². The van der Waals surface area contributed by atoms with Gasteiger partial charge in [0.15, 0.2) is 0 Å². The fourth-order valence-corrected chi connectivity index (χ4v) is 3.95. The van der Waals surface area contributed by atoms with Gasteiger partial charge >= 0.3 is 0 Å². The summed E-state index contributed by atoms with van der Waals surface area (Å²) in [6.45, 7) is 3.09. The summed E-state index contributed by atoms with van der Waals surface area (Å²) >= 11 is 3.32. The van der Waals surface area contributed by atoms with Gasteiger partial charge in [-0.1, -0.05) is 15.9 Å². The van der Waals surface area contributed by atoms with Crippen LogP contribution in [0.4, 0.5) is 0 Å². The van der Waals surface area contributed by atoms with Gasteiger partial charge in [-0.05, 0) is 57.2 Å². The Kier molecular flexibility index (Phi) is 6.65. The fourth-order valence-electron chi connectivity index (χ4n) is 3.59. The quantitative estimate of drug-likeness (QED) is 0.634. The van der Waals surface area contributed by atoms with Gasteiger partial charge in [0.1, 0.15) is 0 Å². The van der Waals surface area contributed by atoms with E-state index in [0.717, 1.165) is 36.8 Å². The molecule has 0 aromatic heterocycles. The molecule has 2 aliphatic rings. The highest BCUT2D eigenvalue weighted by molar-refractivity contribution is 9.10. The molecular formula is C20H25BrN2O4. The number of nitrogens with one attached hydrogen (secondary N) is 1. The molecule has 0 aliphatic carbocycles. The summed E-state index contributed by atoms with van der Waals surface area (Å²) in [4.78, 5) is 38.1. The summed E-state index contributed by atoms with van der Waals surface area (Å²) in [5.41, 5.74) is 0.844. The van der Waals surface area contributed by atoms with E-state index in [1.165, 1.54) is 4.90 Å². The van der Waals surface area contributed by atoms with E-state index in [2.05, 4.69) is 21.2 Å². The Hall–Kier alpha value is -1.73. The average molecular weight is 437 g/mol. The first kappa shape index (κ1) is 20.0. The monoisotopic (exact) mass is 436 g/mol. The van der Waals surface area contributed by atoms with Gasteiger partial charge in [-0.2, -0.15) is 0 Å². The van der Waals surface area contributed by atoms with Crippen molar-refractivity contribution in [2.75, 3.05) is 13.2 Å². The molecule has 1 aromatic carbocycles. The predicted octanol–water partition coefficient (Wildman–Crippen LogP) is 3.29. The second kappa shape index (κ2) is 8.97. The zero-order chi connectivity index (χ0) is 19.4. The molecule has 2 aliphatic heterocycles. The van der Waals surface area contributed by atoms with Crippen molar-refractivity contribution in [3.05, 3.63) is 33.8 Å². The van der Waals surface area contributed by atoms with Crippen molar-refractivity contribution < 1.29 is 19.1 Å². The zero-order valence-electron chi connectivity index (χ0n) is 15.5. The number of carbonyl (C=O) groups is 3. The van der Waals surface area contributed by atoms with Gasteiger partial charge in [-0.25, -0.2) is 0 Å². The standard InChI is InChI=1S/C20H25BrN2O4/c1-13(6-8-15-4-3-11-27-15)22-18(24)5-2-10-23-19(25)16-9-7-14(21)12-17(16)20(23)26/h7,9,12-13,15H,2-6,8,10-11H2,1H3,(H,22,24). The second-order valence-electron chi connectivity index (χ2n) is 7.24. The maximum absolute atomic E-state index is 12.4. The lowest BCUT2D eigenvalue weighted by molar-refractivity contribution is -0.121. The molecule has 7 heteroatoms. The number of carbonyl (C=O) groups excluding carboxylic acids is 3. The number of fused-ring (bicyclic) bond motifs is 1. The smallest absolute Gasteiger partial charge is 0.261 e. The highest BCUT2D eigenvalue weighted by Crippen LogP contribution is 2.26. The van der Waals surface area contributed by atoms with Gasteiger partial charge in [0, 0.05) is 30.1 Å². The van der Waals surface area contributed by atoms with Crippen LogP contribution >= 0.6 is 15.9 Å². The van der Waals surface area contributed by atoms with Gasteiger partial charge < -0.3 is 10.1 Å². The number of benzene rings is 1. The molecule has 2 unspecified atom stereocenters. The maximum Gasteiger partial charge on any atom is 0.261 e. The summed E-state index contributed by atoms with van der Waals surface area (Å²) in [6, 6.07) is 5.16. The number of rotatable bonds is 8. The molecule has 3 rings (SSSR count). The number of imide groups is 1. The van der Waals surface area contributed by atoms with Gasteiger partial charge in [0.25, 0.3) is 11.8 Å². The van der Waals surface area contributed by atoms with E-state index in [-0.39, 0.29) is 30.3 Å². The van der Waals surface area contributed by atoms with Gasteiger partial charge in [0.05, 0.1) is 17.2 Å². The Morgan fingerprint density at radius 3 is 2.85 bits per heavy atom. The Morgan fingerprint density at radius 2 is 2.11 bits per heavy atom. The number of ether oxygens (including phenoxy) is 1. The first-order valence-electron chi connectivity index (χ1n) is 9.52. The van der Waals surface area contributed by atoms with E-state index < -0.39 is 0 Å². The van der Waals surface area contributed by atoms with Crippen LogP contribution in [0.25, 0.3) is 0 Å². The molecule has 1 saturated heterocycles. The van der Waals surface area contributed by atoms with E-state index >= 15 is 0 Å². The summed E-state index contributed by atoms with van der Waals surface area (Å²) < 4.78 is 6.36. The SMILES string of the molecule is CC(CCC1CCCO1)NC(=O)CCCN1C(=O)c2ccc(Br)cc2C1=O. The molecule has 6 nitrogen and oxygen atoms in total. The topological polar surface area (TPSA) is 75.7 Å².